The molecule has 1 saturated carbocycles. The molecule has 2 aromatic carbocycles. The van der Waals surface area contributed by atoms with E-state index in [-0.39, 0.29) is 5.91 Å². The second kappa shape index (κ2) is 10.4. The van der Waals surface area contributed by atoms with Crippen molar-refractivity contribution in [3.8, 4) is 0 Å². The van der Waals surface area contributed by atoms with E-state index >= 15 is 0 Å². The second-order valence-electron chi connectivity index (χ2n) is 9.71. The van der Waals surface area contributed by atoms with E-state index in [0.717, 1.165) is 37.9 Å². The number of fused-ring (bicyclic) bond motifs is 1. The molecule has 1 saturated heterocycles. The normalized spacial score (nSPS) is 19.5. The molecule has 2 aliphatic rings. The molecule has 0 spiro atoms. The smallest absolute Gasteiger partial charge is 0.295 e. The maximum absolute atomic E-state index is 13.7. The number of carbonyl (C=O) groups is 1. The minimum atomic E-state index is 0.115. The molecular formula is C27H33ClN4O2. The topological polar surface area (TPSA) is 61.6 Å². The van der Waals surface area contributed by atoms with Gasteiger partial charge in [0.1, 0.15) is 5.52 Å². The third kappa shape index (κ3) is 5.23. The van der Waals surface area contributed by atoms with Crippen molar-refractivity contribution in [3.05, 3.63) is 58.6 Å². The summed E-state index contributed by atoms with van der Waals surface area (Å²) >= 11 is 6.07. The summed E-state index contributed by atoms with van der Waals surface area (Å²) in [5.41, 5.74) is 3.10. The fourth-order valence-corrected chi connectivity index (χ4v) is 5.55. The fraction of sp³-hybridized carbons (Fsp3) is 0.481. The second-order valence-corrected chi connectivity index (χ2v) is 10.1. The van der Waals surface area contributed by atoms with Crippen molar-refractivity contribution in [2.24, 2.45) is 0 Å². The van der Waals surface area contributed by atoms with Crippen LogP contribution in [0.25, 0.3) is 11.1 Å². The molecule has 180 valence electrons. The quantitative estimate of drug-likeness (QED) is 0.452. The summed E-state index contributed by atoms with van der Waals surface area (Å²) in [4.78, 5) is 22.9. The van der Waals surface area contributed by atoms with Crippen LogP contribution in [-0.4, -0.2) is 52.9 Å². The molecule has 1 N–H and O–H groups in total. The summed E-state index contributed by atoms with van der Waals surface area (Å²) in [5.74, 6) is 0.115. The van der Waals surface area contributed by atoms with Crippen LogP contribution in [0, 0.1) is 0 Å². The number of halogens is 1. The molecule has 2 heterocycles. The maximum atomic E-state index is 13.7. The molecular weight excluding hydrogens is 448 g/mol. The zero-order valence-corrected chi connectivity index (χ0v) is 20.6. The van der Waals surface area contributed by atoms with Crippen molar-refractivity contribution in [1.82, 2.24) is 14.8 Å². The third-order valence-electron chi connectivity index (χ3n) is 7.32. The van der Waals surface area contributed by atoms with Crippen molar-refractivity contribution < 1.29 is 9.21 Å². The Morgan fingerprint density at radius 3 is 2.76 bits per heavy atom. The Morgan fingerprint density at radius 1 is 1.15 bits per heavy atom. The highest BCUT2D eigenvalue weighted by atomic mass is 35.5. The third-order valence-corrected chi connectivity index (χ3v) is 7.56. The van der Waals surface area contributed by atoms with Gasteiger partial charge in [0.05, 0.1) is 0 Å². The Labute approximate surface area is 206 Å². The van der Waals surface area contributed by atoms with Gasteiger partial charge in [-0.25, -0.2) is 0 Å². The van der Waals surface area contributed by atoms with Gasteiger partial charge in [-0.15, -0.1) is 0 Å². The van der Waals surface area contributed by atoms with Gasteiger partial charge in [0.15, 0.2) is 5.58 Å². The van der Waals surface area contributed by atoms with Gasteiger partial charge in [0.2, 0.25) is 0 Å². The molecule has 1 aromatic heterocycles. The number of hydrogen-bond donors (Lipinski definition) is 1. The lowest BCUT2D eigenvalue weighted by Gasteiger charge is -2.38. The number of rotatable bonds is 7. The average molecular weight is 481 g/mol. The molecule has 34 heavy (non-hydrogen) atoms. The molecule has 1 aliphatic heterocycles. The number of aromatic nitrogens is 1. The molecule has 3 aromatic rings. The standard InChI is InChI=1S/C27H33ClN4O2/c1-31-14-5-4-11-23(31)18-32(22-9-2-3-10-22)26(33)20-12-13-25-24(16-20)30-27(34-25)29-17-19-7-6-8-21(28)15-19/h6-8,12-13,15-16,22-23H,2-5,9-11,14,17-18H2,1H3,(H,29,30). The molecule has 1 amide bonds. The highest BCUT2D eigenvalue weighted by Gasteiger charge is 2.31. The van der Waals surface area contributed by atoms with Crippen molar-refractivity contribution >= 4 is 34.6 Å². The Hall–Kier alpha value is -2.57. The number of carbonyl (C=O) groups excluding carboxylic acids is 1. The van der Waals surface area contributed by atoms with Crippen molar-refractivity contribution in [2.75, 3.05) is 25.5 Å². The fourth-order valence-electron chi connectivity index (χ4n) is 5.34. The van der Waals surface area contributed by atoms with E-state index in [9.17, 15) is 4.79 Å². The van der Waals surface area contributed by atoms with Crippen LogP contribution in [0.4, 0.5) is 6.01 Å². The molecule has 5 rings (SSSR count). The summed E-state index contributed by atoms with van der Waals surface area (Å²) in [7, 11) is 2.19. The van der Waals surface area contributed by atoms with Crippen LogP contribution in [-0.2, 0) is 6.54 Å². The Morgan fingerprint density at radius 2 is 1.97 bits per heavy atom. The summed E-state index contributed by atoms with van der Waals surface area (Å²) < 4.78 is 5.86. The van der Waals surface area contributed by atoms with Gasteiger partial charge < -0.3 is 19.5 Å². The van der Waals surface area contributed by atoms with Crippen LogP contribution in [0.15, 0.2) is 46.9 Å². The van der Waals surface area contributed by atoms with E-state index in [2.05, 4.69) is 27.1 Å². The van der Waals surface area contributed by atoms with E-state index < -0.39 is 0 Å². The SMILES string of the molecule is CN1CCCCC1CN(C(=O)c1ccc2oc(NCc3cccc(Cl)c3)nc2c1)C1CCCC1. The number of hydrogen-bond acceptors (Lipinski definition) is 5. The lowest BCUT2D eigenvalue weighted by atomic mass is 10.0. The first kappa shape index (κ1) is 23.2. The highest BCUT2D eigenvalue weighted by molar-refractivity contribution is 6.30. The van der Waals surface area contributed by atoms with Crippen LogP contribution in [0.3, 0.4) is 0 Å². The number of benzene rings is 2. The van der Waals surface area contributed by atoms with Crippen molar-refractivity contribution in [2.45, 2.75) is 63.6 Å². The van der Waals surface area contributed by atoms with Crippen molar-refractivity contribution in [3.63, 3.8) is 0 Å². The minimum Gasteiger partial charge on any atom is -0.424 e. The predicted molar refractivity (Wildman–Crippen MR) is 136 cm³/mol. The van der Waals surface area contributed by atoms with Crippen LogP contribution in [0.2, 0.25) is 5.02 Å². The number of piperidine rings is 1. The molecule has 0 radical (unpaired) electrons. The number of likely N-dealkylation sites (tertiary alicyclic amines) is 1. The van der Waals surface area contributed by atoms with E-state index in [1.807, 2.05) is 42.5 Å². The van der Waals surface area contributed by atoms with Crippen LogP contribution >= 0.6 is 11.6 Å². The monoisotopic (exact) mass is 480 g/mol. The molecule has 1 aliphatic carbocycles. The first-order chi connectivity index (χ1) is 16.6. The van der Waals surface area contributed by atoms with Gasteiger partial charge in [0.25, 0.3) is 11.9 Å². The van der Waals surface area contributed by atoms with E-state index in [1.54, 1.807) is 0 Å². The molecule has 0 bridgehead atoms. The van der Waals surface area contributed by atoms with Crippen LogP contribution < -0.4 is 5.32 Å². The Kier molecular flexibility index (Phi) is 7.07. The van der Waals surface area contributed by atoms with Gasteiger partial charge in [-0.2, -0.15) is 4.98 Å². The number of nitrogens with one attached hydrogen (secondary N) is 1. The zero-order valence-electron chi connectivity index (χ0n) is 19.8. The summed E-state index contributed by atoms with van der Waals surface area (Å²) in [6.45, 7) is 2.49. The number of oxazole rings is 1. The molecule has 6 nitrogen and oxygen atoms in total. The van der Waals surface area contributed by atoms with E-state index in [4.69, 9.17) is 16.0 Å². The summed E-state index contributed by atoms with van der Waals surface area (Å²) in [6, 6.07) is 14.5. The molecule has 2 fully saturated rings. The average Bonchev–Trinajstić information content (AvgIpc) is 3.51. The first-order valence-corrected chi connectivity index (χ1v) is 12.8. The highest BCUT2D eigenvalue weighted by Crippen LogP contribution is 2.28. The Balaban J connectivity index is 1.33. The largest absolute Gasteiger partial charge is 0.424 e. The van der Waals surface area contributed by atoms with Gasteiger partial charge in [-0.05, 0) is 75.2 Å². The first-order valence-electron chi connectivity index (χ1n) is 12.5. The predicted octanol–water partition coefficient (Wildman–Crippen LogP) is 5.96. The maximum Gasteiger partial charge on any atom is 0.295 e. The number of amides is 1. The van der Waals surface area contributed by atoms with Gasteiger partial charge in [0, 0.05) is 35.8 Å². The summed E-state index contributed by atoms with van der Waals surface area (Å²) in [6.07, 6.45) is 8.28. The minimum absolute atomic E-state index is 0.115. The number of nitrogens with zero attached hydrogens (tertiary/aromatic N) is 3. The van der Waals surface area contributed by atoms with Gasteiger partial charge in [-0.1, -0.05) is 43.0 Å². The number of anilines is 1. The van der Waals surface area contributed by atoms with E-state index in [0.29, 0.717) is 46.3 Å². The van der Waals surface area contributed by atoms with E-state index in [1.165, 1.54) is 25.7 Å². The zero-order chi connectivity index (χ0) is 23.5. The lowest BCUT2D eigenvalue weighted by Crippen LogP contribution is -2.49. The van der Waals surface area contributed by atoms with Gasteiger partial charge in [-0.3, -0.25) is 4.79 Å². The number of likely N-dealkylation sites (N-methyl/N-ethyl adjacent to an activating group) is 1. The van der Waals surface area contributed by atoms with Crippen LogP contribution in [0.1, 0.15) is 60.9 Å². The molecule has 1 atom stereocenters. The van der Waals surface area contributed by atoms with Crippen LogP contribution in [0.5, 0.6) is 0 Å². The molecule has 7 heteroatoms. The van der Waals surface area contributed by atoms with Crippen molar-refractivity contribution in [1.29, 1.82) is 0 Å². The summed E-state index contributed by atoms with van der Waals surface area (Å²) in [5, 5.41) is 3.92. The molecule has 1 unspecified atom stereocenters. The van der Waals surface area contributed by atoms with Gasteiger partial charge >= 0.3 is 0 Å². The lowest BCUT2D eigenvalue weighted by molar-refractivity contribution is 0.0566. The Bertz CT molecular complexity index is 1140.